The van der Waals surface area contributed by atoms with E-state index < -0.39 is 0 Å². The zero-order valence-corrected chi connectivity index (χ0v) is 15.4. The Morgan fingerprint density at radius 2 is 1.65 bits per heavy atom. The molecule has 2 aromatic carbocycles. The first kappa shape index (κ1) is 17.7. The minimum Gasteiger partial charge on any atom is -0.281 e. The van der Waals surface area contributed by atoms with Crippen molar-refractivity contribution in [3.63, 3.8) is 0 Å². The molecule has 1 amide bonds. The van der Waals surface area contributed by atoms with Crippen molar-refractivity contribution in [1.29, 1.82) is 0 Å². The Balaban J connectivity index is 1.78. The lowest BCUT2D eigenvalue weighted by Crippen LogP contribution is -2.42. The highest BCUT2D eigenvalue weighted by Gasteiger charge is 2.16. The Morgan fingerprint density at radius 1 is 1.04 bits per heavy atom. The van der Waals surface area contributed by atoms with Crippen LogP contribution in [0.2, 0.25) is 0 Å². The van der Waals surface area contributed by atoms with Crippen molar-refractivity contribution in [2.45, 2.75) is 26.8 Å². The molecule has 0 aliphatic heterocycles. The first-order valence-corrected chi connectivity index (χ1v) is 8.69. The maximum absolute atomic E-state index is 12.7. The number of carbonyl (C=O) groups is 1. The number of benzene rings is 2. The SMILES string of the molecule is Cc1nn(C)c(C)c1CC(=O)NN(Cc1ccccc1)c1ccccc1. The first-order valence-electron chi connectivity index (χ1n) is 8.69. The summed E-state index contributed by atoms with van der Waals surface area (Å²) in [5.41, 5.74) is 8.03. The molecule has 0 unspecified atom stereocenters. The minimum absolute atomic E-state index is 0.0519. The summed E-state index contributed by atoms with van der Waals surface area (Å²) < 4.78 is 1.82. The van der Waals surface area contributed by atoms with Gasteiger partial charge in [0.15, 0.2) is 0 Å². The zero-order chi connectivity index (χ0) is 18.5. The lowest BCUT2D eigenvalue weighted by atomic mass is 10.1. The van der Waals surface area contributed by atoms with E-state index in [9.17, 15) is 4.79 Å². The van der Waals surface area contributed by atoms with E-state index in [0.29, 0.717) is 13.0 Å². The second kappa shape index (κ2) is 7.87. The number of aromatic nitrogens is 2. The number of rotatable bonds is 6. The molecule has 1 aromatic heterocycles. The van der Waals surface area contributed by atoms with Crippen molar-refractivity contribution >= 4 is 11.6 Å². The third kappa shape index (κ3) is 4.11. The summed E-state index contributed by atoms with van der Waals surface area (Å²) in [7, 11) is 1.90. The number of hydrogen-bond donors (Lipinski definition) is 1. The normalized spacial score (nSPS) is 10.6. The van der Waals surface area contributed by atoms with E-state index >= 15 is 0 Å². The number of para-hydroxylation sites is 1. The van der Waals surface area contributed by atoms with Crippen LogP contribution < -0.4 is 10.4 Å². The van der Waals surface area contributed by atoms with Crippen molar-refractivity contribution in [3.05, 3.63) is 83.2 Å². The van der Waals surface area contributed by atoms with Crippen LogP contribution in [-0.2, 0) is 24.8 Å². The van der Waals surface area contributed by atoms with Gasteiger partial charge in [0.25, 0.3) is 0 Å². The topological polar surface area (TPSA) is 50.2 Å². The Bertz CT molecular complexity index is 872. The Hall–Kier alpha value is -3.08. The van der Waals surface area contributed by atoms with Crippen LogP contribution >= 0.6 is 0 Å². The van der Waals surface area contributed by atoms with Crippen LogP contribution in [0.5, 0.6) is 0 Å². The van der Waals surface area contributed by atoms with Gasteiger partial charge in [-0.1, -0.05) is 48.5 Å². The zero-order valence-electron chi connectivity index (χ0n) is 15.4. The van der Waals surface area contributed by atoms with Gasteiger partial charge in [0.05, 0.1) is 24.3 Å². The van der Waals surface area contributed by atoms with Crippen LogP contribution in [0.1, 0.15) is 22.5 Å². The van der Waals surface area contributed by atoms with Crippen molar-refractivity contribution in [1.82, 2.24) is 15.2 Å². The van der Waals surface area contributed by atoms with Crippen LogP contribution in [-0.4, -0.2) is 15.7 Å². The predicted octanol–water partition coefficient (Wildman–Crippen LogP) is 3.32. The molecule has 1 N–H and O–H groups in total. The molecule has 0 saturated carbocycles. The Morgan fingerprint density at radius 3 is 2.23 bits per heavy atom. The molecule has 0 atom stereocenters. The highest BCUT2D eigenvalue weighted by molar-refractivity contribution is 5.80. The highest BCUT2D eigenvalue weighted by atomic mass is 16.2. The Kier molecular flexibility index (Phi) is 5.37. The smallest absolute Gasteiger partial charge is 0.243 e. The van der Waals surface area contributed by atoms with Crippen LogP contribution in [0.15, 0.2) is 60.7 Å². The standard InChI is InChI=1S/C21H24N4O/c1-16-20(17(2)24(3)22-16)14-21(26)23-25(19-12-8-5-9-13-19)15-18-10-6-4-7-11-18/h4-13H,14-15H2,1-3H3,(H,23,26). The molecule has 5 heteroatoms. The van der Waals surface area contributed by atoms with Gasteiger partial charge < -0.3 is 0 Å². The number of carbonyl (C=O) groups excluding carboxylic acids is 1. The molecule has 134 valence electrons. The fourth-order valence-electron chi connectivity index (χ4n) is 2.99. The summed E-state index contributed by atoms with van der Waals surface area (Å²) in [6.45, 7) is 4.53. The number of hydrazine groups is 1. The summed E-state index contributed by atoms with van der Waals surface area (Å²) in [5, 5.41) is 6.28. The summed E-state index contributed by atoms with van der Waals surface area (Å²) in [6.07, 6.45) is 0.309. The molecule has 26 heavy (non-hydrogen) atoms. The van der Waals surface area contributed by atoms with Crippen LogP contribution in [0, 0.1) is 13.8 Å². The molecule has 0 aliphatic carbocycles. The third-order valence-corrected chi connectivity index (χ3v) is 4.51. The van der Waals surface area contributed by atoms with Gasteiger partial charge in [-0.2, -0.15) is 5.10 Å². The Labute approximate surface area is 154 Å². The summed E-state index contributed by atoms with van der Waals surface area (Å²) in [6, 6.07) is 20.0. The van der Waals surface area contributed by atoms with E-state index in [1.165, 1.54) is 0 Å². The molecule has 0 radical (unpaired) electrons. The number of nitrogens with one attached hydrogen (secondary N) is 1. The molecule has 3 rings (SSSR count). The molecular formula is C21H24N4O. The largest absolute Gasteiger partial charge is 0.281 e. The van der Waals surface area contributed by atoms with Gasteiger partial charge in [-0.15, -0.1) is 0 Å². The number of hydrogen-bond acceptors (Lipinski definition) is 3. The molecule has 1 heterocycles. The fourth-order valence-corrected chi connectivity index (χ4v) is 2.99. The maximum Gasteiger partial charge on any atom is 0.243 e. The second-order valence-corrected chi connectivity index (χ2v) is 6.39. The maximum atomic E-state index is 12.7. The second-order valence-electron chi connectivity index (χ2n) is 6.39. The number of aryl methyl sites for hydroxylation is 2. The predicted molar refractivity (Wildman–Crippen MR) is 104 cm³/mol. The van der Waals surface area contributed by atoms with Gasteiger partial charge in [0.2, 0.25) is 5.91 Å². The third-order valence-electron chi connectivity index (χ3n) is 4.51. The van der Waals surface area contributed by atoms with E-state index in [1.54, 1.807) is 0 Å². The minimum atomic E-state index is -0.0519. The van der Waals surface area contributed by atoms with E-state index in [4.69, 9.17) is 0 Å². The monoisotopic (exact) mass is 348 g/mol. The molecule has 3 aromatic rings. The van der Waals surface area contributed by atoms with Crippen molar-refractivity contribution < 1.29 is 4.79 Å². The quantitative estimate of drug-likeness (QED) is 0.695. The molecule has 0 saturated heterocycles. The lowest BCUT2D eigenvalue weighted by molar-refractivity contribution is -0.120. The van der Waals surface area contributed by atoms with Crippen molar-refractivity contribution in [2.24, 2.45) is 7.05 Å². The average Bonchev–Trinajstić information content (AvgIpc) is 2.89. The van der Waals surface area contributed by atoms with Gasteiger partial charge >= 0.3 is 0 Å². The van der Waals surface area contributed by atoms with Crippen molar-refractivity contribution in [3.8, 4) is 0 Å². The molecule has 0 fully saturated rings. The van der Waals surface area contributed by atoms with E-state index in [2.05, 4.69) is 22.7 Å². The van der Waals surface area contributed by atoms with Crippen LogP contribution in [0.25, 0.3) is 0 Å². The average molecular weight is 348 g/mol. The number of anilines is 1. The van der Waals surface area contributed by atoms with Gasteiger partial charge in [-0.3, -0.25) is 19.9 Å². The van der Waals surface area contributed by atoms with Gasteiger partial charge in [-0.25, -0.2) is 0 Å². The number of amides is 1. The van der Waals surface area contributed by atoms with Crippen LogP contribution in [0.4, 0.5) is 5.69 Å². The first-order chi connectivity index (χ1) is 12.5. The van der Waals surface area contributed by atoms with E-state index in [-0.39, 0.29) is 5.91 Å². The molecule has 5 nitrogen and oxygen atoms in total. The molecular weight excluding hydrogens is 324 g/mol. The molecule has 0 bridgehead atoms. The van der Waals surface area contributed by atoms with Crippen LogP contribution in [0.3, 0.4) is 0 Å². The molecule has 0 aliphatic rings. The lowest BCUT2D eigenvalue weighted by Gasteiger charge is -2.25. The highest BCUT2D eigenvalue weighted by Crippen LogP contribution is 2.16. The fraction of sp³-hybridized carbons (Fsp3) is 0.238. The van der Waals surface area contributed by atoms with Gasteiger partial charge in [-0.05, 0) is 31.5 Å². The van der Waals surface area contributed by atoms with Gasteiger partial charge in [0, 0.05) is 18.3 Å². The summed E-state index contributed by atoms with van der Waals surface area (Å²) in [4.78, 5) is 12.7. The van der Waals surface area contributed by atoms with E-state index in [1.807, 2.05) is 79.1 Å². The van der Waals surface area contributed by atoms with Crippen molar-refractivity contribution in [2.75, 3.05) is 5.01 Å². The summed E-state index contributed by atoms with van der Waals surface area (Å²) >= 11 is 0. The molecule has 0 spiro atoms. The van der Waals surface area contributed by atoms with E-state index in [0.717, 1.165) is 28.2 Å². The number of nitrogens with zero attached hydrogens (tertiary/aromatic N) is 3. The van der Waals surface area contributed by atoms with Gasteiger partial charge in [0.1, 0.15) is 0 Å². The summed E-state index contributed by atoms with van der Waals surface area (Å²) in [5.74, 6) is -0.0519.